The molecule has 0 aliphatic carbocycles. The molecular weight excluding hydrogens is 493 g/mol. The number of benzene rings is 3. The lowest BCUT2D eigenvalue weighted by Crippen LogP contribution is -2.16. The number of rotatable bonds is 5. The number of halogens is 1. The minimum atomic E-state index is -3.53. The summed E-state index contributed by atoms with van der Waals surface area (Å²) in [6.07, 6.45) is 2.72. The molecule has 0 aliphatic rings. The van der Waals surface area contributed by atoms with E-state index >= 15 is 4.39 Å². The van der Waals surface area contributed by atoms with Crippen LogP contribution in [-0.2, 0) is 9.84 Å². The number of nitrogen functional groups attached to an aromatic ring is 1. The van der Waals surface area contributed by atoms with Crippen molar-refractivity contribution in [2.45, 2.75) is 11.8 Å². The van der Waals surface area contributed by atoms with Crippen molar-refractivity contribution in [1.82, 2.24) is 14.8 Å². The van der Waals surface area contributed by atoms with Crippen LogP contribution in [0.25, 0.3) is 27.6 Å². The number of nitrogens with zero attached hydrogens (tertiary/aromatic N) is 3. The van der Waals surface area contributed by atoms with Crippen molar-refractivity contribution in [2.75, 3.05) is 17.3 Å². The van der Waals surface area contributed by atoms with Crippen molar-refractivity contribution >= 4 is 38.2 Å². The SMILES string of the molecule is Cc1cc(NC(=O)c2ccc(-c3ccccc3S(C)(=O)=O)cc2F)n(-c2ccc3ccnc(N)c3c2)n1. The highest BCUT2D eigenvalue weighted by molar-refractivity contribution is 7.90. The number of hydrogen-bond donors (Lipinski definition) is 2. The van der Waals surface area contributed by atoms with E-state index in [1.54, 1.807) is 37.4 Å². The van der Waals surface area contributed by atoms with Gasteiger partial charge in [0.15, 0.2) is 9.84 Å². The highest BCUT2D eigenvalue weighted by Gasteiger charge is 2.19. The first kappa shape index (κ1) is 24.1. The van der Waals surface area contributed by atoms with E-state index < -0.39 is 21.6 Å². The molecule has 0 spiro atoms. The van der Waals surface area contributed by atoms with Crippen molar-refractivity contribution in [1.29, 1.82) is 0 Å². The fourth-order valence-corrected chi connectivity index (χ4v) is 5.09. The summed E-state index contributed by atoms with van der Waals surface area (Å²) >= 11 is 0. The van der Waals surface area contributed by atoms with E-state index in [0.29, 0.717) is 34.1 Å². The van der Waals surface area contributed by atoms with Crippen LogP contribution in [0, 0.1) is 12.7 Å². The number of hydrogen-bond acceptors (Lipinski definition) is 6. The molecule has 0 atom stereocenters. The van der Waals surface area contributed by atoms with Gasteiger partial charge >= 0.3 is 0 Å². The average Bonchev–Trinajstić information content (AvgIpc) is 3.23. The van der Waals surface area contributed by atoms with Gasteiger partial charge in [-0.15, -0.1) is 0 Å². The second-order valence-electron chi connectivity index (χ2n) is 8.60. The van der Waals surface area contributed by atoms with E-state index in [9.17, 15) is 13.2 Å². The molecule has 0 saturated heterocycles. The van der Waals surface area contributed by atoms with Crippen LogP contribution in [-0.4, -0.2) is 35.3 Å². The number of carbonyl (C=O) groups excluding carboxylic acids is 1. The third-order valence-electron chi connectivity index (χ3n) is 5.91. The normalized spacial score (nSPS) is 11.5. The van der Waals surface area contributed by atoms with Crippen LogP contribution >= 0.6 is 0 Å². The zero-order valence-electron chi connectivity index (χ0n) is 19.9. The summed E-state index contributed by atoms with van der Waals surface area (Å²) in [4.78, 5) is 17.2. The molecule has 0 bridgehead atoms. The van der Waals surface area contributed by atoms with Crippen molar-refractivity contribution in [3.05, 3.63) is 96.1 Å². The van der Waals surface area contributed by atoms with E-state index in [1.165, 1.54) is 22.9 Å². The van der Waals surface area contributed by atoms with E-state index in [1.807, 2.05) is 24.3 Å². The van der Waals surface area contributed by atoms with E-state index in [-0.39, 0.29) is 10.5 Å². The third-order valence-corrected chi connectivity index (χ3v) is 7.06. The fourth-order valence-electron chi connectivity index (χ4n) is 4.17. The summed E-state index contributed by atoms with van der Waals surface area (Å²) in [5.41, 5.74) is 7.81. The number of anilines is 2. The first-order valence-electron chi connectivity index (χ1n) is 11.2. The monoisotopic (exact) mass is 515 g/mol. The average molecular weight is 516 g/mol. The Morgan fingerprint density at radius 1 is 1.03 bits per heavy atom. The number of fused-ring (bicyclic) bond motifs is 1. The molecule has 0 radical (unpaired) electrons. The zero-order valence-corrected chi connectivity index (χ0v) is 20.8. The molecular formula is C27H22FN5O3S. The van der Waals surface area contributed by atoms with Gasteiger partial charge in [-0.1, -0.05) is 30.3 Å². The maximum atomic E-state index is 15.1. The zero-order chi connectivity index (χ0) is 26.3. The van der Waals surface area contributed by atoms with Crippen molar-refractivity contribution in [3.8, 4) is 16.8 Å². The number of nitrogens with one attached hydrogen (secondary N) is 1. The second-order valence-corrected chi connectivity index (χ2v) is 10.6. The topological polar surface area (TPSA) is 120 Å². The van der Waals surface area contributed by atoms with Gasteiger partial charge in [0.25, 0.3) is 5.91 Å². The number of aromatic nitrogens is 3. The van der Waals surface area contributed by atoms with Gasteiger partial charge in [0, 0.05) is 29.5 Å². The molecule has 186 valence electrons. The smallest absolute Gasteiger partial charge is 0.259 e. The number of amides is 1. The van der Waals surface area contributed by atoms with Gasteiger partial charge < -0.3 is 11.1 Å². The van der Waals surface area contributed by atoms with Crippen LogP contribution in [0.5, 0.6) is 0 Å². The highest BCUT2D eigenvalue weighted by atomic mass is 32.2. The summed E-state index contributed by atoms with van der Waals surface area (Å²) in [5, 5.41) is 8.83. The third kappa shape index (κ3) is 4.66. The Kier molecular flexibility index (Phi) is 5.96. The van der Waals surface area contributed by atoms with Gasteiger partial charge in [-0.3, -0.25) is 4.79 Å². The van der Waals surface area contributed by atoms with Gasteiger partial charge in [-0.2, -0.15) is 5.10 Å². The van der Waals surface area contributed by atoms with Gasteiger partial charge in [0.2, 0.25) is 0 Å². The number of carbonyl (C=O) groups is 1. The van der Waals surface area contributed by atoms with Crippen molar-refractivity contribution < 1.29 is 17.6 Å². The number of pyridine rings is 1. The Labute approximate surface area is 212 Å². The van der Waals surface area contributed by atoms with Crippen LogP contribution in [0.15, 0.2) is 83.9 Å². The predicted molar refractivity (Wildman–Crippen MR) is 141 cm³/mol. The number of sulfone groups is 1. The molecule has 3 aromatic carbocycles. The lowest BCUT2D eigenvalue weighted by atomic mass is 10.0. The standard InChI is InChI=1S/C27H22FN5O3S/c1-16-13-25(33(32-16)19-9-7-17-11-12-30-26(29)22(17)15-19)31-27(34)21-10-8-18(14-23(21)28)20-5-3-4-6-24(20)37(2,35)36/h3-15H,1-2H3,(H2,29,30)(H,31,34). The molecule has 37 heavy (non-hydrogen) atoms. The summed E-state index contributed by atoms with van der Waals surface area (Å²) in [6, 6.07) is 19.4. The summed E-state index contributed by atoms with van der Waals surface area (Å²) in [5.74, 6) is -0.752. The molecule has 0 saturated carbocycles. The van der Waals surface area contributed by atoms with Crippen LogP contribution in [0.3, 0.4) is 0 Å². The number of nitrogens with two attached hydrogens (primary N) is 1. The fraction of sp³-hybridized carbons (Fsp3) is 0.0741. The van der Waals surface area contributed by atoms with Gasteiger partial charge in [0.05, 0.1) is 21.8 Å². The maximum Gasteiger partial charge on any atom is 0.259 e. The van der Waals surface area contributed by atoms with Crippen LogP contribution in [0.2, 0.25) is 0 Å². The molecule has 3 N–H and O–H groups in total. The highest BCUT2D eigenvalue weighted by Crippen LogP contribution is 2.29. The van der Waals surface area contributed by atoms with Crippen LogP contribution in [0.4, 0.5) is 16.0 Å². The van der Waals surface area contributed by atoms with E-state index in [2.05, 4.69) is 15.4 Å². The molecule has 0 unspecified atom stereocenters. The summed E-state index contributed by atoms with van der Waals surface area (Å²) < 4.78 is 41.0. The Morgan fingerprint density at radius 2 is 1.81 bits per heavy atom. The Morgan fingerprint density at radius 3 is 2.57 bits per heavy atom. The molecule has 1 amide bonds. The molecule has 5 rings (SSSR count). The van der Waals surface area contributed by atoms with Gasteiger partial charge in [0.1, 0.15) is 17.5 Å². The molecule has 10 heteroatoms. The van der Waals surface area contributed by atoms with Crippen LogP contribution in [0.1, 0.15) is 16.1 Å². The largest absolute Gasteiger partial charge is 0.383 e. The predicted octanol–water partition coefficient (Wildman–Crippen LogP) is 4.77. The molecule has 8 nitrogen and oxygen atoms in total. The van der Waals surface area contributed by atoms with Crippen LogP contribution < -0.4 is 11.1 Å². The Balaban J connectivity index is 1.47. The summed E-state index contributed by atoms with van der Waals surface area (Å²) in [6.45, 7) is 1.78. The van der Waals surface area contributed by atoms with Crippen molar-refractivity contribution in [3.63, 3.8) is 0 Å². The van der Waals surface area contributed by atoms with Gasteiger partial charge in [-0.25, -0.2) is 22.5 Å². The molecule has 2 aromatic heterocycles. The minimum Gasteiger partial charge on any atom is -0.383 e. The van der Waals surface area contributed by atoms with Gasteiger partial charge in [-0.05, 0) is 54.3 Å². The second kappa shape index (κ2) is 9.14. The minimum absolute atomic E-state index is 0.0807. The first-order valence-corrected chi connectivity index (χ1v) is 13.1. The quantitative estimate of drug-likeness (QED) is 0.348. The maximum absolute atomic E-state index is 15.1. The lowest BCUT2D eigenvalue weighted by molar-refractivity contribution is 0.102. The Hall–Kier alpha value is -4.57. The van der Waals surface area contributed by atoms with E-state index in [4.69, 9.17) is 5.73 Å². The molecule has 5 aromatic rings. The number of aryl methyl sites for hydroxylation is 1. The first-order chi connectivity index (χ1) is 17.6. The van der Waals surface area contributed by atoms with Crippen molar-refractivity contribution in [2.24, 2.45) is 0 Å². The molecule has 0 fully saturated rings. The molecule has 0 aliphatic heterocycles. The summed E-state index contributed by atoms with van der Waals surface area (Å²) in [7, 11) is -3.53. The lowest BCUT2D eigenvalue weighted by Gasteiger charge is -2.12. The van der Waals surface area contributed by atoms with E-state index in [0.717, 1.165) is 23.1 Å². The molecule has 2 heterocycles. The Bertz CT molecular complexity index is 1800.